The second kappa shape index (κ2) is 11.0. The summed E-state index contributed by atoms with van der Waals surface area (Å²) in [5.74, 6) is 0.789. The molecule has 1 unspecified atom stereocenters. The van der Waals surface area contributed by atoms with Gasteiger partial charge in [-0.25, -0.2) is 0 Å². The van der Waals surface area contributed by atoms with Crippen molar-refractivity contribution >= 4 is 5.91 Å². The molecule has 1 aliphatic rings. The van der Waals surface area contributed by atoms with Gasteiger partial charge >= 0.3 is 0 Å². The van der Waals surface area contributed by atoms with E-state index < -0.39 is 0 Å². The Morgan fingerprint density at radius 3 is 2.54 bits per heavy atom. The first-order valence-corrected chi connectivity index (χ1v) is 12.5. The monoisotopic (exact) mass is 477 g/mol. The van der Waals surface area contributed by atoms with Gasteiger partial charge in [0.05, 0.1) is 12.6 Å². The minimum atomic E-state index is -0.378. The number of H-pyrrole nitrogens is 1. The predicted molar refractivity (Wildman–Crippen MR) is 136 cm³/mol. The van der Waals surface area contributed by atoms with Gasteiger partial charge in [-0.1, -0.05) is 44.4 Å². The maximum atomic E-state index is 13.3. The third kappa shape index (κ3) is 5.05. The number of fused-ring (bicyclic) bond motifs is 1. The van der Waals surface area contributed by atoms with E-state index >= 15 is 0 Å². The van der Waals surface area contributed by atoms with Crippen molar-refractivity contribution in [2.24, 2.45) is 0 Å². The first-order valence-electron chi connectivity index (χ1n) is 12.5. The number of nitrogens with one attached hydrogen (secondary N) is 1. The Morgan fingerprint density at radius 1 is 1.09 bits per heavy atom. The Hall–Kier alpha value is -3.32. The lowest BCUT2D eigenvalue weighted by Crippen LogP contribution is -2.31. The lowest BCUT2D eigenvalue weighted by molar-refractivity contribution is 0.0732. The van der Waals surface area contributed by atoms with Crippen molar-refractivity contribution in [1.29, 1.82) is 0 Å². The standard InChI is InChI=1S/C28H35N3O4/c1-4-5-6-7-15-35-21-11-9-20(10-12-21)27-24-25(23-19(3)16-18(2)17-22(23)33)29-30-26(24)28(34)31(27)13-8-14-32/h9-12,16-17,27,32-33H,4-8,13-15H2,1-3H3,(H,29,30). The molecule has 0 saturated carbocycles. The van der Waals surface area contributed by atoms with Crippen LogP contribution in [0, 0.1) is 13.8 Å². The summed E-state index contributed by atoms with van der Waals surface area (Å²) in [4.78, 5) is 15.1. The highest BCUT2D eigenvalue weighted by atomic mass is 16.5. The Balaban J connectivity index is 1.69. The average Bonchev–Trinajstić information content (AvgIpc) is 3.36. The summed E-state index contributed by atoms with van der Waals surface area (Å²) in [5, 5.41) is 27.6. The van der Waals surface area contributed by atoms with Crippen LogP contribution in [-0.4, -0.2) is 51.0 Å². The number of hydrogen-bond acceptors (Lipinski definition) is 5. The van der Waals surface area contributed by atoms with Gasteiger partial charge in [-0.2, -0.15) is 5.10 Å². The van der Waals surface area contributed by atoms with Crippen LogP contribution in [-0.2, 0) is 0 Å². The molecule has 2 aromatic carbocycles. The Kier molecular flexibility index (Phi) is 7.76. The van der Waals surface area contributed by atoms with Gasteiger partial charge in [-0.3, -0.25) is 9.89 Å². The molecule has 0 aliphatic carbocycles. The Morgan fingerprint density at radius 2 is 1.86 bits per heavy atom. The highest BCUT2D eigenvalue weighted by Crippen LogP contribution is 2.45. The summed E-state index contributed by atoms with van der Waals surface area (Å²) in [5.41, 5.74) is 5.17. The SMILES string of the molecule is CCCCCCOc1ccc(C2c3c(-c4c(C)cc(C)cc4O)n[nH]c3C(=O)N2CCCO)cc1. The van der Waals surface area contributed by atoms with E-state index in [9.17, 15) is 15.0 Å². The maximum absolute atomic E-state index is 13.3. The molecule has 4 rings (SSSR count). The van der Waals surface area contributed by atoms with Gasteiger partial charge in [-0.15, -0.1) is 0 Å². The van der Waals surface area contributed by atoms with Crippen molar-refractivity contribution in [3.63, 3.8) is 0 Å². The van der Waals surface area contributed by atoms with Gasteiger partial charge in [0.15, 0.2) is 0 Å². The van der Waals surface area contributed by atoms with Gasteiger partial charge in [0, 0.05) is 24.3 Å². The normalized spacial score (nSPS) is 15.0. The van der Waals surface area contributed by atoms with Crippen molar-refractivity contribution in [2.45, 2.75) is 58.9 Å². The number of rotatable bonds is 11. The molecule has 3 aromatic rings. The fourth-order valence-corrected chi connectivity index (χ4v) is 4.92. The molecule has 1 aromatic heterocycles. The van der Waals surface area contributed by atoms with Gasteiger partial charge in [0.1, 0.15) is 22.9 Å². The van der Waals surface area contributed by atoms with E-state index in [1.165, 1.54) is 12.8 Å². The zero-order valence-corrected chi connectivity index (χ0v) is 20.8. The van der Waals surface area contributed by atoms with Crippen molar-refractivity contribution in [1.82, 2.24) is 15.1 Å². The topological polar surface area (TPSA) is 98.7 Å². The molecule has 186 valence electrons. The van der Waals surface area contributed by atoms with E-state index in [-0.39, 0.29) is 24.3 Å². The minimum absolute atomic E-state index is 0.00178. The number of phenols is 1. The molecule has 1 atom stereocenters. The van der Waals surface area contributed by atoms with Gasteiger partial charge in [0.2, 0.25) is 0 Å². The van der Waals surface area contributed by atoms with Crippen LogP contribution in [0.15, 0.2) is 36.4 Å². The number of nitrogens with zero attached hydrogens (tertiary/aromatic N) is 2. The summed E-state index contributed by atoms with van der Waals surface area (Å²) in [6.07, 6.45) is 5.08. The van der Waals surface area contributed by atoms with Crippen LogP contribution >= 0.6 is 0 Å². The van der Waals surface area contributed by atoms with Gasteiger partial charge in [0.25, 0.3) is 5.91 Å². The number of benzene rings is 2. The van der Waals surface area contributed by atoms with Crippen molar-refractivity contribution < 1.29 is 19.7 Å². The number of phenolic OH excluding ortho intramolecular Hbond substituents is 1. The Labute approximate surface area is 206 Å². The molecule has 3 N–H and O–H groups in total. The van der Waals surface area contributed by atoms with E-state index in [2.05, 4.69) is 17.1 Å². The number of unbranched alkanes of at least 4 members (excludes halogenated alkanes) is 3. The summed E-state index contributed by atoms with van der Waals surface area (Å²) in [7, 11) is 0. The lowest BCUT2D eigenvalue weighted by atomic mass is 9.93. The molecule has 1 aliphatic heterocycles. The second-order valence-corrected chi connectivity index (χ2v) is 9.29. The van der Waals surface area contributed by atoms with E-state index in [0.29, 0.717) is 36.5 Å². The van der Waals surface area contributed by atoms with E-state index in [4.69, 9.17) is 4.74 Å². The molecule has 0 saturated heterocycles. The third-order valence-electron chi connectivity index (χ3n) is 6.58. The van der Waals surface area contributed by atoms with Crippen LogP contribution in [0.1, 0.15) is 77.8 Å². The summed E-state index contributed by atoms with van der Waals surface area (Å²) < 4.78 is 5.91. The third-order valence-corrected chi connectivity index (χ3v) is 6.58. The molecule has 0 radical (unpaired) electrons. The van der Waals surface area contributed by atoms with Crippen LogP contribution in [0.3, 0.4) is 0 Å². The summed E-state index contributed by atoms with van der Waals surface area (Å²) >= 11 is 0. The molecule has 7 heteroatoms. The fourth-order valence-electron chi connectivity index (χ4n) is 4.92. The summed E-state index contributed by atoms with van der Waals surface area (Å²) in [6, 6.07) is 11.2. The second-order valence-electron chi connectivity index (χ2n) is 9.29. The van der Waals surface area contributed by atoms with Crippen LogP contribution in [0.5, 0.6) is 11.5 Å². The van der Waals surface area contributed by atoms with Crippen LogP contribution in [0.4, 0.5) is 0 Å². The number of hydrogen-bond donors (Lipinski definition) is 3. The number of carbonyl (C=O) groups is 1. The molecule has 0 bridgehead atoms. The first kappa shape index (κ1) is 24.8. The number of aryl methyl sites for hydroxylation is 2. The zero-order chi connectivity index (χ0) is 24.9. The molecule has 7 nitrogen and oxygen atoms in total. The maximum Gasteiger partial charge on any atom is 0.273 e. The number of aromatic amines is 1. The zero-order valence-electron chi connectivity index (χ0n) is 20.8. The molecular formula is C28H35N3O4. The number of ether oxygens (including phenoxy) is 1. The van der Waals surface area contributed by atoms with E-state index in [0.717, 1.165) is 40.8 Å². The largest absolute Gasteiger partial charge is 0.507 e. The fraction of sp³-hybridized carbons (Fsp3) is 0.429. The van der Waals surface area contributed by atoms with Crippen LogP contribution in [0.25, 0.3) is 11.3 Å². The average molecular weight is 478 g/mol. The number of carbonyl (C=O) groups excluding carboxylic acids is 1. The number of aliphatic hydroxyl groups is 1. The quantitative estimate of drug-likeness (QED) is 0.326. The molecule has 0 spiro atoms. The van der Waals surface area contributed by atoms with Crippen LogP contribution in [0.2, 0.25) is 0 Å². The Bertz CT molecular complexity index is 1150. The van der Waals surface area contributed by atoms with Gasteiger partial charge in [-0.05, 0) is 61.6 Å². The van der Waals surface area contributed by atoms with Crippen molar-refractivity contribution in [3.05, 3.63) is 64.3 Å². The highest BCUT2D eigenvalue weighted by Gasteiger charge is 2.42. The smallest absolute Gasteiger partial charge is 0.273 e. The van der Waals surface area contributed by atoms with E-state index in [1.807, 2.05) is 44.2 Å². The molecule has 35 heavy (non-hydrogen) atoms. The molecule has 1 amide bonds. The highest BCUT2D eigenvalue weighted by molar-refractivity contribution is 6.00. The molecular weight excluding hydrogens is 442 g/mol. The van der Waals surface area contributed by atoms with Crippen LogP contribution < -0.4 is 4.74 Å². The predicted octanol–water partition coefficient (Wildman–Crippen LogP) is 5.29. The van der Waals surface area contributed by atoms with Crippen molar-refractivity contribution in [3.8, 4) is 22.8 Å². The first-order chi connectivity index (χ1) is 17.0. The number of aliphatic hydroxyl groups excluding tert-OH is 1. The molecule has 2 heterocycles. The van der Waals surface area contributed by atoms with Crippen molar-refractivity contribution in [2.75, 3.05) is 19.8 Å². The number of aromatic nitrogens is 2. The van der Waals surface area contributed by atoms with Gasteiger partial charge < -0.3 is 19.8 Å². The number of amides is 1. The lowest BCUT2D eigenvalue weighted by Gasteiger charge is -2.26. The summed E-state index contributed by atoms with van der Waals surface area (Å²) in [6.45, 7) is 7.16. The molecule has 0 fully saturated rings. The number of aromatic hydroxyl groups is 1. The van der Waals surface area contributed by atoms with E-state index in [1.54, 1.807) is 11.0 Å². The minimum Gasteiger partial charge on any atom is -0.507 e.